The van der Waals surface area contributed by atoms with Crippen LogP contribution < -0.4 is 5.32 Å². The summed E-state index contributed by atoms with van der Waals surface area (Å²) >= 11 is 0. The Balaban J connectivity index is 2.11. The van der Waals surface area contributed by atoms with Gasteiger partial charge in [-0.3, -0.25) is 0 Å². The summed E-state index contributed by atoms with van der Waals surface area (Å²) in [7, 11) is 0. The highest BCUT2D eigenvalue weighted by Crippen LogP contribution is 2.15. The van der Waals surface area contributed by atoms with Crippen LogP contribution in [0.1, 0.15) is 66.2 Å². The predicted molar refractivity (Wildman–Crippen MR) is 82.5 cm³/mol. The number of aliphatic hydroxyl groups is 1. The second-order valence-corrected chi connectivity index (χ2v) is 6.89. The molecule has 0 bridgehead atoms. The molecule has 0 aliphatic carbocycles. The molecule has 1 fully saturated rings. The zero-order valence-corrected chi connectivity index (χ0v) is 13.4. The van der Waals surface area contributed by atoms with Crippen LogP contribution in [0.25, 0.3) is 0 Å². The number of nitrogens with zero attached hydrogens (tertiary/aromatic N) is 1. The molecule has 2 N–H and O–H groups in total. The quantitative estimate of drug-likeness (QED) is 0.712. The molecule has 3 nitrogen and oxygen atoms in total. The Bertz CT molecular complexity index is 229. The molecule has 0 aromatic rings. The average Bonchev–Trinajstić information content (AvgIpc) is 2.30. The lowest BCUT2D eigenvalue weighted by Gasteiger charge is -2.34. The molecule has 3 heteroatoms. The Labute approximate surface area is 119 Å². The van der Waals surface area contributed by atoms with E-state index in [0.717, 1.165) is 12.8 Å². The molecule has 19 heavy (non-hydrogen) atoms. The van der Waals surface area contributed by atoms with Gasteiger partial charge in [0.25, 0.3) is 0 Å². The molecule has 0 unspecified atom stereocenters. The smallest absolute Gasteiger partial charge is 0.0591 e. The largest absolute Gasteiger partial charge is 0.390 e. The van der Waals surface area contributed by atoms with Crippen LogP contribution in [0, 0.1) is 0 Å². The van der Waals surface area contributed by atoms with E-state index >= 15 is 0 Å². The summed E-state index contributed by atoms with van der Waals surface area (Å²) in [6.45, 7) is 12.1. The highest BCUT2D eigenvalue weighted by Gasteiger charge is 2.20. The van der Waals surface area contributed by atoms with Crippen molar-refractivity contribution in [3.63, 3.8) is 0 Å². The maximum absolute atomic E-state index is 9.71. The summed E-state index contributed by atoms with van der Waals surface area (Å²) < 4.78 is 0. The van der Waals surface area contributed by atoms with Gasteiger partial charge in [0.1, 0.15) is 0 Å². The molecular formula is C16H34N2O. The lowest BCUT2D eigenvalue weighted by molar-refractivity contribution is 0.0672. The third-order valence-corrected chi connectivity index (χ3v) is 4.07. The van der Waals surface area contributed by atoms with E-state index in [0.29, 0.717) is 12.1 Å². The molecule has 0 aromatic carbocycles. The molecule has 0 spiro atoms. The number of hydrogen-bond donors (Lipinski definition) is 2. The number of rotatable bonds is 8. The van der Waals surface area contributed by atoms with Gasteiger partial charge in [-0.05, 0) is 78.9 Å². The van der Waals surface area contributed by atoms with Crippen LogP contribution in [0.3, 0.4) is 0 Å². The van der Waals surface area contributed by atoms with Gasteiger partial charge in [-0.1, -0.05) is 6.92 Å². The Hall–Kier alpha value is -0.120. The third-order valence-electron chi connectivity index (χ3n) is 4.07. The minimum absolute atomic E-state index is 0.509. The minimum atomic E-state index is -0.509. The van der Waals surface area contributed by atoms with Crippen LogP contribution in [0.5, 0.6) is 0 Å². The van der Waals surface area contributed by atoms with Crippen LogP contribution in [-0.2, 0) is 0 Å². The molecule has 0 amide bonds. The van der Waals surface area contributed by atoms with Crippen molar-refractivity contribution in [1.29, 1.82) is 0 Å². The summed E-state index contributed by atoms with van der Waals surface area (Å²) in [6, 6.07) is 1.27. The molecule has 0 aromatic heterocycles. The zero-order chi connectivity index (χ0) is 14.3. The molecular weight excluding hydrogens is 236 g/mol. The molecule has 1 aliphatic rings. The Morgan fingerprint density at radius 1 is 1.32 bits per heavy atom. The minimum Gasteiger partial charge on any atom is -0.390 e. The second-order valence-electron chi connectivity index (χ2n) is 6.89. The summed E-state index contributed by atoms with van der Waals surface area (Å²) in [5.74, 6) is 0. The second kappa shape index (κ2) is 8.23. The van der Waals surface area contributed by atoms with Crippen LogP contribution in [0.2, 0.25) is 0 Å². The van der Waals surface area contributed by atoms with E-state index < -0.39 is 5.60 Å². The van der Waals surface area contributed by atoms with Gasteiger partial charge < -0.3 is 15.3 Å². The number of hydrogen-bond acceptors (Lipinski definition) is 3. The summed E-state index contributed by atoms with van der Waals surface area (Å²) in [4.78, 5) is 2.58. The molecule has 1 rings (SSSR count). The average molecular weight is 270 g/mol. The van der Waals surface area contributed by atoms with Crippen molar-refractivity contribution in [3.05, 3.63) is 0 Å². The molecule has 0 saturated carbocycles. The van der Waals surface area contributed by atoms with Crippen molar-refractivity contribution < 1.29 is 5.11 Å². The molecule has 1 aliphatic heterocycles. The van der Waals surface area contributed by atoms with E-state index in [-0.39, 0.29) is 0 Å². The van der Waals surface area contributed by atoms with Gasteiger partial charge in [0.2, 0.25) is 0 Å². The van der Waals surface area contributed by atoms with Crippen molar-refractivity contribution in [2.45, 2.75) is 83.9 Å². The van der Waals surface area contributed by atoms with Gasteiger partial charge in [0.15, 0.2) is 0 Å². The Kier molecular flexibility index (Phi) is 7.33. The van der Waals surface area contributed by atoms with Crippen LogP contribution >= 0.6 is 0 Å². The van der Waals surface area contributed by atoms with Gasteiger partial charge in [0, 0.05) is 12.1 Å². The highest BCUT2D eigenvalue weighted by atomic mass is 16.3. The maximum Gasteiger partial charge on any atom is 0.0591 e. The van der Waals surface area contributed by atoms with E-state index in [4.69, 9.17) is 0 Å². The fourth-order valence-corrected chi connectivity index (χ4v) is 2.97. The fourth-order valence-electron chi connectivity index (χ4n) is 2.97. The van der Waals surface area contributed by atoms with Gasteiger partial charge in [-0.15, -0.1) is 0 Å². The Morgan fingerprint density at radius 2 is 1.95 bits per heavy atom. The predicted octanol–water partition coefficient (Wildman–Crippen LogP) is 2.78. The molecule has 1 heterocycles. The van der Waals surface area contributed by atoms with Crippen LogP contribution in [0.4, 0.5) is 0 Å². The first-order valence-corrected chi connectivity index (χ1v) is 8.11. The van der Waals surface area contributed by atoms with Crippen molar-refractivity contribution >= 4 is 0 Å². The fraction of sp³-hybridized carbons (Fsp3) is 1.00. The molecule has 1 saturated heterocycles. The topological polar surface area (TPSA) is 35.5 Å². The number of nitrogens with one attached hydrogen (secondary N) is 1. The summed E-state index contributed by atoms with van der Waals surface area (Å²) in [6.07, 6.45) is 7.01. The SMILES string of the molecule is CCCN1CCC(N[C@@H](C)CCCC(C)(C)O)CC1. The summed E-state index contributed by atoms with van der Waals surface area (Å²) in [5, 5.41) is 13.5. The van der Waals surface area contributed by atoms with E-state index in [9.17, 15) is 5.11 Å². The van der Waals surface area contributed by atoms with Crippen molar-refractivity contribution in [1.82, 2.24) is 10.2 Å². The zero-order valence-electron chi connectivity index (χ0n) is 13.4. The van der Waals surface area contributed by atoms with Crippen molar-refractivity contribution in [2.24, 2.45) is 0 Å². The first kappa shape index (κ1) is 16.9. The van der Waals surface area contributed by atoms with Gasteiger partial charge in [-0.25, -0.2) is 0 Å². The maximum atomic E-state index is 9.71. The third kappa shape index (κ3) is 7.91. The van der Waals surface area contributed by atoms with Crippen molar-refractivity contribution in [2.75, 3.05) is 19.6 Å². The van der Waals surface area contributed by atoms with Crippen molar-refractivity contribution in [3.8, 4) is 0 Å². The van der Waals surface area contributed by atoms with E-state index in [1.807, 2.05) is 13.8 Å². The number of piperidine rings is 1. The van der Waals surface area contributed by atoms with Gasteiger partial charge in [-0.2, -0.15) is 0 Å². The first-order valence-electron chi connectivity index (χ1n) is 8.11. The highest BCUT2D eigenvalue weighted by molar-refractivity contribution is 4.79. The monoisotopic (exact) mass is 270 g/mol. The van der Waals surface area contributed by atoms with E-state index in [2.05, 4.69) is 24.1 Å². The van der Waals surface area contributed by atoms with Gasteiger partial charge in [0.05, 0.1) is 5.60 Å². The lowest BCUT2D eigenvalue weighted by Crippen LogP contribution is -2.45. The van der Waals surface area contributed by atoms with E-state index in [1.165, 1.54) is 45.3 Å². The van der Waals surface area contributed by atoms with Crippen LogP contribution in [-0.4, -0.2) is 47.3 Å². The number of likely N-dealkylation sites (tertiary alicyclic amines) is 1. The van der Waals surface area contributed by atoms with Crippen LogP contribution in [0.15, 0.2) is 0 Å². The normalized spacial score (nSPS) is 20.7. The molecule has 114 valence electrons. The summed E-state index contributed by atoms with van der Waals surface area (Å²) in [5.41, 5.74) is -0.509. The Morgan fingerprint density at radius 3 is 2.47 bits per heavy atom. The first-order chi connectivity index (χ1) is 8.90. The van der Waals surface area contributed by atoms with E-state index in [1.54, 1.807) is 0 Å². The standard InChI is InChI=1S/C16H34N2O/c1-5-11-18-12-8-15(9-13-18)17-14(2)7-6-10-16(3,4)19/h14-15,17,19H,5-13H2,1-4H3/t14-/m0/s1. The molecule has 0 radical (unpaired) electrons. The molecule has 1 atom stereocenters. The van der Waals surface area contributed by atoms with Gasteiger partial charge >= 0.3 is 0 Å². The lowest BCUT2D eigenvalue weighted by atomic mass is 9.98.